The van der Waals surface area contributed by atoms with Crippen molar-refractivity contribution in [3.05, 3.63) is 42.0 Å². The highest BCUT2D eigenvalue weighted by atomic mass is 16.5. The molecule has 0 unspecified atom stereocenters. The molecular weight excluding hydrogens is 402 g/mol. The van der Waals surface area contributed by atoms with Crippen molar-refractivity contribution in [3.8, 4) is 0 Å². The third kappa shape index (κ3) is 6.09. The van der Waals surface area contributed by atoms with Gasteiger partial charge in [0.25, 0.3) is 0 Å². The van der Waals surface area contributed by atoms with Gasteiger partial charge in [-0.3, -0.25) is 4.90 Å². The highest BCUT2D eigenvalue weighted by molar-refractivity contribution is 5.89. The highest BCUT2D eigenvalue weighted by Crippen LogP contribution is 2.31. The largest absolute Gasteiger partial charge is 0.338 e. The molecule has 2 amide bonds. The molecule has 1 aromatic heterocycles. The maximum Gasteiger partial charge on any atom is 0.322 e. The van der Waals surface area contributed by atoms with E-state index in [1.807, 2.05) is 30.3 Å². The smallest absolute Gasteiger partial charge is 0.322 e. The molecule has 2 aliphatic heterocycles. The molecule has 1 N–H and O–H groups in total. The second kappa shape index (κ2) is 11.5. The van der Waals surface area contributed by atoms with E-state index < -0.39 is 0 Å². The minimum absolute atomic E-state index is 0.0519. The van der Waals surface area contributed by atoms with Crippen LogP contribution in [-0.2, 0) is 13.0 Å². The number of anilines is 1. The summed E-state index contributed by atoms with van der Waals surface area (Å²) < 4.78 is 5.47. The molecule has 174 valence electrons. The Hall–Kier alpha value is -2.41. The number of aryl methyl sites for hydroxylation is 1. The van der Waals surface area contributed by atoms with E-state index in [2.05, 4.69) is 32.2 Å². The molecule has 1 atom stereocenters. The van der Waals surface area contributed by atoms with Crippen LogP contribution in [0.4, 0.5) is 10.5 Å². The Morgan fingerprint density at radius 1 is 1.09 bits per heavy atom. The van der Waals surface area contributed by atoms with Crippen molar-refractivity contribution in [1.82, 2.24) is 19.9 Å². The van der Waals surface area contributed by atoms with Crippen molar-refractivity contribution in [2.45, 2.75) is 77.3 Å². The van der Waals surface area contributed by atoms with E-state index in [1.54, 1.807) is 0 Å². The first-order valence-electron chi connectivity index (χ1n) is 12.4. The summed E-state index contributed by atoms with van der Waals surface area (Å²) in [6, 6.07) is 10.2. The van der Waals surface area contributed by atoms with Crippen LogP contribution in [0.1, 0.15) is 70.0 Å². The maximum atomic E-state index is 13.1. The number of amides is 2. The number of carbonyl (C=O) groups is 1. The number of carbonyl (C=O) groups excluding carboxylic acids is 1. The van der Waals surface area contributed by atoms with Crippen LogP contribution >= 0.6 is 0 Å². The summed E-state index contributed by atoms with van der Waals surface area (Å²) in [5.74, 6) is 2.11. The molecule has 0 bridgehead atoms. The molecule has 0 saturated carbocycles. The summed E-state index contributed by atoms with van der Waals surface area (Å²) in [4.78, 5) is 22.2. The van der Waals surface area contributed by atoms with Gasteiger partial charge >= 0.3 is 6.03 Å². The highest BCUT2D eigenvalue weighted by Gasteiger charge is 2.34. The van der Waals surface area contributed by atoms with Crippen LogP contribution in [0.5, 0.6) is 0 Å². The van der Waals surface area contributed by atoms with Crippen LogP contribution in [0.15, 0.2) is 34.9 Å². The number of nitrogens with one attached hydrogen (secondary N) is 1. The molecule has 7 heteroatoms. The monoisotopic (exact) mass is 439 g/mol. The van der Waals surface area contributed by atoms with E-state index in [-0.39, 0.29) is 6.03 Å². The number of hydrogen-bond donors (Lipinski definition) is 1. The lowest BCUT2D eigenvalue weighted by molar-refractivity contribution is 0.0974. The number of unbranched alkanes of at least 4 members (excludes halogenated alkanes) is 1. The molecule has 2 saturated heterocycles. The van der Waals surface area contributed by atoms with Crippen molar-refractivity contribution < 1.29 is 9.32 Å². The van der Waals surface area contributed by atoms with Crippen molar-refractivity contribution in [2.24, 2.45) is 5.92 Å². The van der Waals surface area contributed by atoms with Gasteiger partial charge in [0, 0.05) is 24.7 Å². The Bertz CT molecular complexity index is 832. The van der Waals surface area contributed by atoms with Gasteiger partial charge in [-0.25, -0.2) is 4.79 Å². The summed E-state index contributed by atoms with van der Waals surface area (Å²) in [5, 5.41) is 7.23. The molecule has 1 aromatic carbocycles. The molecule has 3 heterocycles. The van der Waals surface area contributed by atoms with Crippen molar-refractivity contribution in [3.63, 3.8) is 0 Å². The average Bonchev–Trinajstić information content (AvgIpc) is 3.11. The van der Waals surface area contributed by atoms with E-state index in [1.165, 1.54) is 12.8 Å². The summed E-state index contributed by atoms with van der Waals surface area (Å²) >= 11 is 0. The first kappa shape index (κ1) is 22.8. The minimum atomic E-state index is 0.0519. The van der Waals surface area contributed by atoms with Gasteiger partial charge in [0.15, 0.2) is 5.82 Å². The van der Waals surface area contributed by atoms with Gasteiger partial charge in [0.1, 0.15) is 0 Å². The zero-order chi connectivity index (χ0) is 22.2. The Morgan fingerprint density at radius 3 is 2.69 bits per heavy atom. The van der Waals surface area contributed by atoms with Gasteiger partial charge in [-0.15, -0.1) is 0 Å². The number of hydrogen-bond acceptors (Lipinski definition) is 5. The number of rotatable bonds is 7. The van der Waals surface area contributed by atoms with Gasteiger partial charge in [-0.1, -0.05) is 49.5 Å². The van der Waals surface area contributed by atoms with Crippen LogP contribution in [-0.4, -0.2) is 51.6 Å². The first-order valence-corrected chi connectivity index (χ1v) is 12.4. The van der Waals surface area contributed by atoms with Gasteiger partial charge in [-0.05, 0) is 63.2 Å². The molecule has 32 heavy (non-hydrogen) atoms. The standard InChI is InChI=1S/C25H37N5O2/c1-2-3-13-23-27-24(32-28-23)19-29-17-14-20(15-18-29)22-12-8-5-9-16-30(22)25(31)26-21-10-6-4-7-11-21/h4,6-7,10-11,20,22H,2-3,5,8-9,12-19H2,1H3,(H,26,31)/t22-/m0/s1. The number of aromatic nitrogens is 2. The molecule has 7 nitrogen and oxygen atoms in total. The molecule has 2 aliphatic rings. The molecule has 0 spiro atoms. The fraction of sp³-hybridized carbons (Fsp3) is 0.640. The SMILES string of the molecule is CCCCc1noc(CN2CCC([C@@H]3CCCCCN3C(=O)Nc3ccccc3)CC2)n1. The average molecular weight is 440 g/mol. The van der Waals surface area contributed by atoms with Crippen LogP contribution in [0, 0.1) is 5.92 Å². The van der Waals surface area contributed by atoms with Gasteiger partial charge < -0.3 is 14.7 Å². The normalized spacial score (nSPS) is 20.8. The lowest BCUT2D eigenvalue weighted by atomic mass is 9.86. The second-order valence-corrected chi connectivity index (χ2v) is 9.23. The fourth-order valence-electron chi connectivity index (χ4n) is 5.07. The van der Waals surface area contributed by atoms with E-state index in [9.17, 15) is 4.79 Å². The Kier molecular flexibility index (Phi) is 8.15. The topological polar surface area (TPSA) is 74.5 Å². The summed E-state index contributed by atoms with van der Waals surface area (Å²) in [6.45, 7) is 5.79. The molecule has 0 aliphatic carbocycles. The summed E-state index contributed by atoms with van der Waals surface area (Å²) in [6.07, 6.45) is 9.97. The van der Waals surface area contributed by atoms with Gasteiger partial charge in [-0.2, -0.15) is 4.98 Å². The van der Waals surface area contributed by atoms with Crippen molar-refractivity contribution >= 4 is 11.7 Å². The lowest BCUT2D eigenvalue weighted by Gasteiger charge is -2.40. The van der Waals surface area contributed by atoms with E-state index in [0.29, 0.717) is 12.0 Å². The van der Waals surface area contributed by atoms with E-state index in [4.69, 9.17) is 4.52 Å². The number of para-hydroxylation sites is 1. The Labute approximate surface area is 191 Å². The predicted octanol–water partition coefficient (Wildman–Crippen LogP) is 5.10. The third-order valence-corrected chi connectivity index (χ3v) is 6.88. The maximum absolute atomic E-state index is 13.1. The third-order valence-electron chi connectivity index (χ3n) is 6.88. The molecule has 4 rings (SSSR count). The molecular formula is C25H37N5O2. The van der Waals surface area contributed by atoms with E-state index in [0.717, 1.165) is 88.5 Å². The molecule has 0 radical (unpaired) electrons. The summed E-state index contributed by atoms with van der Waals surface area (Å²) in [7, 11) is 0. The zero-order valence-corrected chi connectivity index (χ0v) is 19.3. The number of benzene rings is 1. The minimum Gasteiger partial charge on any atom is -0.338 e. The lowest BCUT2D eigenvalue weighted by Crippen LogP contribution is -2.49. The van der Waals surface area contributed by atoms with Gasteiger partial charge in [0.2, 0.25) is 5.89 Å². The number of nitrogens with zero attached hydrogens (tertiary/aromatic N) is 4. The van der Waals surface area contributed by atoms with Crippen LogP contribution in [0.25, 0.3) is 0 Å². The number of likely N-dealkylation sites (tertiary alicyclic amines) is 2. The van der Waals surface area contributed by atoms with E-state index >= 15 is 0 Å². The second-order valence-electron chi connectivity index (χ2n) is 9.23. The summed E-state index contributed by atoms with van der Waals surface area (Å²) in [5.41, 5.74) is 0.869. The quantitative estimate of drug-likeness (QED) is 0.650. The van der Waals surface area contributed by atoms with Crippen LogP contribution in [0.3, 0.4) is 0 Å². The predicted molar refractivity (Wildman–Crippen MR) is 125 cm³/mol. The molecule has 2 aromatic rings. The first-order chi connectivity index (χ1) is 15.7. The number of urea groups is 1. The number of piperidine rings is 1. The van der Waals surface area contributed by atoms with Crippen molar-refractivity contribution in [2.75, 3.05) is 25.0 Å². The van der Waals surface area contributed by atoms with Crippen LogP contribution < -0.4 is 5.32 Å². The Morgan fingerprint density at radius 2 is 1.91 bits per heavy atom. The fourth-order valence-corrected chi connectivity index (χ4v) is 5.07. The zero-order valence-electron chi connectivity index (χ0n) is 19.3. The van der Waals surface area contributed by atoms with Crippen molar-refractivity contribution in [1.29, 1.82) is 0 Å². The van der Waals surface area contributed by atoms with Crippen LogP contribution in [0.2, 0.25) is 0 Å². The Balaban J connectivity index is 1.32. The van der Waals surface area contributed by atoms with Gasteiger partial charge in [0.05, 0.1) is 6.54 Å². The molecule has 2 fully saturated rings.